The number of aryl methyl sites for hydroxylation is 1. The highest BCUT2D eigenvalue weighted by molar-refractivity contribution is 6.31. The normalized spacial score (nSPS) is 19.9. The third-order valence-corrected chi connectivity index (χ3v) is 5.38. The Morgan fingerprint density at radius 3 is 2.46 bits per heavy atom. The molecule has 2 aliphatic heterocycles. The Morgan fingerprint density at radius 2 is 1.88 bits per heavy atom. The zero-order chi connectivity index (χ0) is 17.7. The number of halogens is 1. The molecule has 0 radical (unpaired) electrons. The van der Waals surface area contributed by atoms with E-state index < -0.39 is 5.60 Å². The molecule has 2 aliphatic rings. The van der Waals surface area contributed by atoms with Crippen LogP contribution in [0.2, 0.25) is 5.02 Å². The van der Waals surface area contributed by atoms with Gasteiger partial charge in [0.05, 0.1) is 12.0 Å². The SMILES string of the molecule is Cc1cc2c(cc1Cl)C(=O)CC1(CCN(C(=O)C(C)(C)C)CC1)O2. The van der Waals surface area contributed by atoms with Crippen molar-refractivity contribution < 1.29 is 14.3 Å². The van der Waals surface area contributed by atoms with Crippen molar-refractivity contribution in [3.63, 3.8) is 0 Å². The Bertz CT molecular complexity index is 697. The third kappa shape index (κ3) is 3.04. The van der Waals surface area contributed by atoms with E-state index in [1.54, 1.807) is 6.07 Å². The Balaban J connectivity index is 1.79. The minimum atomic E-state index is -0.487. The number of benzene rings is 1. The predicted octanol–water partition coefficient (Wildman–Crippen LogP) is 4.02. The van der Waals surface area contributed by atoms with Gasteiger partial charge in [0, 0.05) is 36.4 Å². The molecule has 130 valence electrons. The first-order valence-corrected chi connectivity index (χ1v) is 8.81. The quantitative estimate of drug-likeness (QED) is 0.710. The molecule has 1 amide bonds. The predicted molar refractivity (Wildman–Crippen MR) is 93.8 cm³/mol. The molecule has 4 nitrogen and oxygen atoms in total. The molecule has 0 N–H and O–H groups in total. The highest BCUT2D eigenvalue weighted by Crippen LogP contribution is 2.41. The number of Topliss-reactive ketones (excluding diaryl/α,β-unsaturated/α-hetero) is 1. The molecule has 0 unspecified atom stereocenters. The summed E-state index contributed by atoms with van der Waals surface area (Å²) < 4.78 is 6.26. The number of piperidine rings is 1. The van der Waals surface area contributed by atoms with Crippen molar-refractivity contribution in [3.05, 3.63) is 28.3 Å². The second-order valence-corrected chi connectivity index (χ2v) is 8.43. The number of likely N-dealkylation sites (tertiary alicyclic amines) is 1. The average molecular weight is 350 g/mol. The van der Waals surface area contributed by atoms with E-state index in [1.165, 1.54) is 0 Å². The summed E-state index contributed by atoms with van der Waals surface area (Å²) >= 11 is 6.13. The fourth-order valence-corrected chi connectivity index (χ4v) is 3.65. The minimum Gasteiger partial charge on any atom is -0.486 e. The third-order valence-electron chi connectivity index (χ3n) is 4.97. The molecule has 1 aromatic carbocycles. The first kappa shape index (κ1) is 17.3. The van der Waals surface area contributed by atoms with E-state index in [2.05, 4.69) is 0 Å². The van der Waals surface area contributed by atoms with Crippen molar-refractivity contribution in [2.45, 2.75) is 52.6 Å². The van der Waals surface area contributed by atoms with Gasteiger partial charge in [-0.1, -0.05) is 32.4 Å². The largest absolute Gasteiger partial charge is 0.486 e. The number of carbonyl (C=O) groups is 2. The van der Waals surface area contributed by atoms with E-state index >= 15 is 0 Å². The highest BCUT2D eigenvalue weighted by Gasteiger charge is 2.44. The van der Waals surface area contributed by atoms with Crippen LogP contribution in [0.25, 0.3) is 0 Å². The zero-order valence-electron chi connectivity index (χ0n) is 14.7. The van der Waals surface area contributed by atoms with Crippen LogP contribution in [0, 0.1) is 12.3 Å². The summed E-state index contributed by atoms with van der Waals surface area (Å²) in [5.41, 5.74) is 0.609. The molecule has 3 rings (SSSR count). The number of ketones is 1. The molecule has 0 saturated carbocycles. The Hall–Kier alpha value is -1.55. The van der Waals surface area contributed by atoms with E-state index in [4.69, 9.17) is 16.3 Å². The highest BCUT2D eigenvalue weighted by atomic mass is 35.5. The first-order valence-electron chi connectivity index (χ1n) is 8.43. The topological polar surface area (TPSA) is 46.6 Å². The lowest BCUT2D eigenvalue weighted by atomic mass is 9.81. The number of ether oxygens (including phenoxy) is 1. The smallest absolute Gasteiger partial charge is 0.227 e. The molecule has 1 saturated heterocycles. The number of hydrogen-bond acceptors (Lipinski definition) is 3. The van der Waals surface area contributed by atoms with E-state index in [0.717, 1.165) is 5.56 Å². The maximum atomic E-state index is 12.6. The van der Waals surface area contributed by atoms with E-state index in [1.807, 2.05) is 38.7 Å². The molecule has 2 heterocycles. The number of rotatable bonds is 0. The van der Waals surface area contributed by atoms with E-state index in [-0.39, 0.29) is 17.1 Å². The van der Waals surface area contributed by atoms with Crippen LogP contribution < -0.4 is 4.74 Å². The number of amides is 1. The van der Waals surface area contributed by atoms with Gasteiger partial charge in [0.25, 0.3) is 0 Å². The second-order valence-electron chi connectivity index (χ2n) is 8.02. The molecule has 0 atom stereocenters. The number of fused-ring (bicyclic) bond motifs is 1. The molecule has 0 aliphatic carbocycles. The van der Waals surface area contributed by atoms with Crippen molar-refractivity contribution >= 4 is 23.3 Å². The van der Waals surface area contributed by atoms with Gasteiger partial charge >= 0.3 is 0 Å². The summed E-state index contributed by atoms with van der Waals surface area (Å²) in [6.07, 6.45) is 1.72. The van der Waals surface area contributed by atoms with E-state index in [9.17, 15) is 9.59 Å². The second kappa shape index (κ2) is 5.76. The zero-order valence-corrected chi connectivity index (χ0v) is 15.5. The Labute approximate surface area is 148 Å². The van der Waals surface area contributed by atoms with Crippen LogP contribution in [0.4, 0.5) is 0 Å². The number of carbonyl (C=O) groups excluding carboxylic acids is 2. The molecule has 0 bridgehead atoms. The molecule has 0 aromatic heterocycles. The first-order chi connectivity index (χ1) is 11.1. The molecular formula is C19H24ClNO3. The monoisotopic (exact) mass is 349 g/mol. The molecule has 1 spiro atoms. The Kier molecular flexibility index (Phi) is 4.15. The Morgan fingerprint density at radius 1 is 1.25 bits per heavy atom. The fourth-order valence-electron chi connectivity index (χ4n) is 3.49. The maximum absolute atomic E-state index is 12.6. The van der Waals surface area contributed by atoms with Gasteiger partial charge in [-0.05, 0) is 24.6 Å². The summed E-state index contributed by atoms with van der Waals surface area (Å²) in [4.78, 5) is 26.9. The van der Waals surface area contributed by atoms with Crippen molar-refractivity contribution in [2.75, 3.05) is 13.1 Å². The van der Waals surface area contributed by atoms with Crippen molar-refractivity contribution in [2.24, 2.45) is 5.41 Å². The van der Waals surface area contributed by atoms with Crippen LogP contribution in [0.1, 0.15) is 56.0 Å². The van der Waals surface area contributed by atoms with Gasteiger partial charge in [-0.15, -0.1) is 0 Å². The minimum absolute atomic E-state index is 0.0775. The summed E-state index contributed by atoms with van der Waals surface area (Å²) in [7, 11) is 0. The van der Waals surface area contributed by atoms with Crippen molar-refractivity contribution in [3.8, 4) is 5.75 Å². The molecule has 5 heteroatoms. The molecule has 1 aromatic rings. The van der Waals surface area contributed by atoms with Gasteiger partial charge < -0.3 is 9.64 Å². The summed E-state index contributed by atoms with van der Waals surface area (Å²) in [6, 6.07) is 3.56. The van der Waals surface area contributed by atoms with Crippen LogP contribution in [0.3, 0.4) is 0 Å². The molecule has 1 fully saturated rings. The maximum Gasteiger partial charge on any atom is 0.227 e. The van der Waals surface area contributed by atoms with Crippen molar-refractivity contribution in [1.82, 2.24) is 4.90 Å². The fraction of sp³-hybridized carbons (Fsp3) is 0.579. The van der Waals surface area contributed by atoms with E-state index in [0.29, 0.717) is 48.7 Å². The van der Waals surface area contributed by atoms with Crippen LogP contribution >= 0.6 is 11.6 Å². The summed E-state index contributed by atoms with van der Waals surface area (Å²) in [5, 5.41) is 0.590. The lowest BCUT2D eigenvalue weighted by Crippen LogP contribution is -2.54. The van der Waals surface area contributed by atoms with Crippen LogP contribution in [0.15, 0.2) is 12.1 Å². The van der Waals surface area contributed by atoms with Gasteiger partial charge in [0.15, 0.2) is 5.78 Å². The average Bonchev–Trinajstić information content (AvgIpc) is 2.49. The van der Waals surface area contributed by atoms with Crippen LogP contribution in [-0.4, -0.2) is 35.3 Å². The van der Waals surface area contributed by atoms with Gasteiger partial charge in [-0.25, -0.2) is 0 Å². The number of nitrogens with zero attached hydrogens (tertiary/aromatic N) is 1. The van der Waals surface area contributed by atoms with Crippen LogP contribution in [0.5, 0.6) is 5.75 Å². The molecule has 24 heavy (non-hydrogen) atoms. The molecular weight excluding hydrogens is 326 g/mol. The summed E-state index contributed by atoms with van der Waals surface area (Å²) in [5.74, 6) is 0.861. The lowest BCUT2D eigenvalue weighted by molar-refractivity contribution is -0.143. The van der Waals surface area contributed by atoms with Gasteiger partial charge in [-0.2, -0.15) is 0 Å². The van der Waals surface area contributed by atoms with Gasteiger partial charge in [-0.3, -0.25) is 9.59 Å². The van der Waals surface area contributed by atoms with Gasteiger partial charge in [0.2, 0.25) is 5.91 Å². The van der Waals surface area contributed by atoms with Crippen LogP contribution in [-0.2, 0) is 4.79 Å². The van der Waals surface area contributed by atoms with Gasteiger partial charge in [0.1, 0.15) is 11.4 Å². The van der Waals surface area contributed by atoms with Crippen molar-refractivity contribution in [1.29, 1.82) is 0 Å². The lowest BCUT2D eigenvalue weighted by Gasteiger charge is -2.45. The standard InChI is InChI=1S/C19H24ClNO3/c1-12-9-16-13(10-14(12)20)15(22)11-19(24-16)5-7-21(8-6-19)17(23)18(2,3)4/h9-10H,5-8,11H2,1-4H3. The number of hydrogen-bond donors (Lipinski definition) is 0. The summed E-state index contributed by atoms with van der Waals surface area (Å²) in [6.45, 7) is 8.97.